The molecule has 2 aromatic heterocycles. The van der Waals surface area contributed by atoms with Crippen molar-refractivity contribution in [2.45, 2.75) is 78.6 Å². The van der Waals surface area contributed by atoms with Crippen LogP contribution in [0.15, 0.2) is 36.4 Å². The number of fused-ring (bicyclic) bond motifs is 2. The number of carbonyl (C=O) groups excluding carboxylic acids is 2. The Labute approximate surface area is 315 Å². The van der Waals surface area contributed by atoms with E-state index in [0.29, 0.717) is 60.7 Å². The second-order valence-electron chi connectivity index (χ2n) is 15.2. The van der Waals surface area contributed by atoms with Crippen LogP contribution in [0.2, 0.25) is 5.02 Å². The van der Waals surface area contributed by atoms with Crippen molar-refractivity contribution in [1.82, 2.24) is 29.2 Å². The Morgan fingerprint density at radius 2 is 1.71 bits per heavy atom. The second kappa shape index (κ2) is 15.4. The zero-order valence-electron chi connectivity index (χ0n) is 30.9. The van der Waals surface area contributed by atoms with E-state index >= 15 is 0 Å². The number of likely N-dealkylation sites (N-methyl/N-ethyl adjacent to an activating group) is 1. The molecule has 0 bridgehead atoms. The van der Waals surface area contributed by atoms with Crippen LogP contribution in [0.5, 0.6) is 0 Å². The first kappa shape index (κ1) is 36.7. The molecule has 0 spiro atoms. The molecule has 7 rings (SSSR count). The van der Waals surface area contributed by atoms with Gasteiger partial charge >= 0.3 is 0 Å². The van der Waals surface area contributed by atoms with Crippen LogP contribution in [0.4, 0.5) is 5.69 Å². The average molecular weight is 744 g/mol. The summed E-state index contributed by atoms with van der Waals surface area (Å²) in [6, 6.07) is 12.2. The lowest BCUT2D eigenvalue weighted by molar-refractivity contribution is -0.133. The van der Waals surface area contributed by atoms with Gasteiger partial charge in [0.05, 0.1) is 41.7 Å². The van der Waals surface area contributed by atoms with Gasteiger partial charge in [-0.3, -0.25) is 19.4 Å². The van der Waals surface area contributed by atoms with Crippen molar-refractivity contribution in [3.63, 3.8) is 0 Å². The Kier molecular flexibility index (Phi) is 10.9. The Morgan fingerprint density at radius 1 is 1.00 bits per heavy atom. The van der Waals surface area contributed by atoms with E-state index in [-0.39, 0.29) is 11.8 Å². The smallest absolute Gasteiger partial charge is 0.291 e. The Hall–Kier alpha value is -3.61. The number of benzene rings is 2. The number of aliphatic hydroxyl groups is 1. The van der Waals surface area contributed by atoms with Gasteiger partial charge < -0.3 is 19.9 Å². The predicted molar refractivity (Wildman–Crippen MR) is 207 cm³/mol. The highest BCUT2D eigenvalue weighted by atomic mass is 35.5. The molecule has 1 saturated carbocycles. The third-order valence-corrected chi connectivity index (χ3v) is 13.0. The zero-order chi connectivity index (χ0) is 36.7. The van der Waals surface area contributed by atoms with E-state index < -0.39 is 0 Å². The van der Waals surface area contributed by atoms with Crippen LogP contribution in [0, 0.1) is 18.8 Å². The molecule has 4 heterocycles. The van der Waals surface area contributed by atoms with Crippen LogP contribution < -0.4 is 5.32 Å². The van der Waals surface area contributed by atoms with Gasteiger partial charge in [0.2, 0.25) is 5.91 Å². The molecule has 4 aromatic rings. The SMILES string of the molecule is Cc1c(-c2nc3c(s2)CN(C(=O)CN(C)C(C)C)C3)cccc1-c1cccc(NC(=O)c2nc3c(n2C)CCN(C[C@H]2CC[C@H](CO)CC2)C3)c1Cl. The molecule has 0 radical (unpaired) electrons. The van der Waals surface area contributed by atoms with Crippen molar-refractivity contribution in [2.24, 2.45) is 18.9 Å². The number of nitrogens with one attached hydrogen (secondary N) is 1. The number of aliphatic hydroxyl groups excluding tert-OH is 1. The first-order chi connectivity index (χ1) is 25.0. The number of aromatic nitrogens is 3. The number of nitrogens with zero attached hydrogens (tertiary/aromatic N) is 6. The summed E-state index contributed by atoms with van der Waals surface area (Å²) < 4.78 is 1.93. The maximum Gasteiger partial charge on any atom is 0.291 e. The second-order valence-corrected chi connectivity index (χ2v) is 16.7. The van der Waals surface area contributed by atoms with Crippen molar-refractivity contribution >= 4 is 40.4 Å². The number of halogens is 1. The van der Waals surface area contributed by atoms with Crippen LogP contribution in [0.25, 0.3) is 21.7 Å². The molecular formula is C40H50ClN7O3S. The number of rotatable bonds is 10. The molecule has 276 valence electrons. The topological polar surface area (TPSA) is 107 Å². The Bertz CT molecular complexity index is 1940. The summed E-state index contributed by atoms with van der Waals surface area (Å²) in [4.78, 5) is 44.0. The van der Waals surface area contributed by atoms with E-state index in [1.54, 1.807) is 11.3 Å². The molecule has 0 atom stereocenters. The van der Waals surface area contributed by atoms with Crippen LogP contribution in [-0.4, -0.2) is 85.5 Å². The number of anilines is 1. The molecule has 2 N–H and O–H groups in total. The fourth-order valence-corrected chi connectivity index (χ4v) is 9.35. The molecule has 2 amide bonds. The quantitative estimate of drug-likeness (QED) is 0.185. The fraction of sp³-hybridized carbons (Fsp3) is 0.500. The van der Waals surface area contributed by atoms with Crippen molar-refractivity contribution in [2.75, 3.05) is 38.6 Å². The van der Waals surface area contributed by atoms with Gasteiger partial charge in [0.25, 0.3) is 5.91 Å². The van der Waals surface area contributed by atoms with Crippen molar-refractivity contribution in [1.29, 1.82) is 0 Å². The molecule has 10 nitrogen and oxygen atoms in total. The summed E-state index contributed by atoms with van der Waals surface area (Å²) >= 11 is 8.71. The van der Waals surface area contributed by atoms with Gasteiger partial charge in [0.15, 0.2) is 5.82 Å². The molecule has 52 heavy (non-hydrogen) atoms. The lowest BCUT2D eigenvalue weighted by Gasteiger charge is -2.33. The lowest BCUT2D eigenvalue weighted by Crippen LogP contribution is -2.38. The summed E-state index contributed by atoms with van der Waals surface area (Å²) in [6.45, 7) is 10.8. The summed E-state index contributed by atoms with van der Waals surface area (Å²) in [5.41, 5.74) is 7.48. The van der Waals surface area contributed by atoms with E-state index in [1.807, 2.05) is 47.8 Å². The van der Waals surface area contributed by atoms with E-state index in [2.05, 4.69) is 48.0 Å². The Morgan fingerprint density at radius 3 is 2.44 bits per heavy atom. The van der Waals surface area contributed by atoms with Gasteiger partial charge in [-0.15, -0.1) is 11.3 Å². The number of carbonyl (C=O) groups is 2. The molecule has 1 fully saturated rings. The molecule has 1 aliphatic carbocycles. The minimum atomic E-state index is -0.282. The molecule has 2 aliphatic heterocycles. The number of hydrogen-bond acceptors (Lipinski definition) is 8. The minimum absolute atomic E-state index is 0.125. The van der Waals surface area contributed by atoms with E-state index in [0.717, 1.165) is 88.1 Å². The van der Waals surface area contributed by atoms with E-state index in [1.165, 1.54) is 12.8 Å². The van der Waals surface area contributed by atoms with Gasteiger partial charge in [-0.1, -0.05) is 41.9 Å². The normalized spacial score (nSPS) is 19.0. The molecule has 2 aromatic carbocycles. The van der Waals surface area contributed by atoms with Crippen LogP contribution in [0.1, 0.15) is 77.7 Å². The van der Waals surface area contributed by atoms with Crippen LogP contribution in [0.3, 0.4) is 0 Å². The highest BCUT2D eigenvalue weighted by Crippen LogP contribution is 2.41. The monoisotopic (exact) mass is 743 g/mol. The van der Waals surface area contributed by atoms with Gasteiger partial charge in [0.1, 0.15) is 5.01 Å². The number of imidazole rings is 1. The largest absolute Gasteiger partial charge is 0.396 e. The van der Waals surface area contributed by atoms with Gasteiger partial charge in [-0.05, 0) is 82.5 Å². The zero-order valence-corrected chi connectivity index (χ0v) is 32.5. The third-order valence-electron chi connectivity index (χ3n) is 11.5. The first-order valence-corrected chi connectivity index (χ1v) is 19.7. The number of thiazole rings is 1. The van der Waals surface area contributed by atoms with E-state index in [4.69, 9.17) is 21.6 Å². The highest BCUT2D eigenvalue weighted by molar-refractivity contribution is 7.15. The summed E-state index contributed by atoms with van der Waals surface area (Å²) in [5.74, 6) is 1.35. The fourth-order valence-electron chi connectivity index (χ4n) is 7.90. The lowest BCUT2D eigenvalue weighted by atomic mass is 9.82. The maximum absolute atomic E-state index is 13.7. The van der Waals surface area contributed by atoms with Crippen LogP contribution >= 0.6 is 22.9 Å². The molecule has 0 saturated heterocycles. The first-order valence-electron chi connectivity index (χ1n) is 18.5. The standard InChI is InChI=1S/C40H50ClN7O3S/c1-24(2)45(4)22-36(50)48-20-33-35(21-48)52-40(44-33)29-9-6-8-28(25(29)3)30-10-7-11-31(37(30)41)43-39(51)38-42-32-19-47(17-16-34(32)46(38)5)18-26-12-14-27(23-49)15-13-26/h6-11,24,26-27,49H,12-23H2,1-5H3,(H,43,51)/t26-,27-. The number of hydrogen-bond donors (Lipinski definition) is 2. The molecule has 0 unspecified atom stereocenters. The average Bonchev–Trinajstić information content (AvgIpc) is 3.81. The Balaban J connectivity index is 1.04. The maximum atomic E-state index is 13.7. The van der Waals surface area contributed by atoms with Crippen molar-refractivity contribution < 1.29 is 14.7 Å². The summed E-state index contributed by atoms with van der Waals surface area (Å²) in [7, 11) is 3.90. The van der Waals surface area contributed by atoms with E-state index in [9.17, 15) is 14.7 Å². The van der Waals surface area contributed by atoms with Gasteiger partial charge in [-0.25, -0.2) is 9.97 Å². The predicted octanol–water partition coefficient (Wildman–Crippen LogP) is 6.76. The van der Waals surface area contributed by atoms with Crippen molar-refractivity contribution in [3.05, 3.63) is 74.8 Å². The molecule has 12 heteroatoms. The molecule has 3 aliphatic rings. The van der Waals surface area contributed by atoms with Crippen LogP contribution in [-0.2, 0) is 37.9 Å². The summed E-state index contributed by atoms with van der Waals surface area (Å²) in [5, 5.41) is 14.0. The van der Waals surface area contributed by atoms with Gasteiger partial charge in [-0.2, -0.15) is 0 Å². The highest BCUT2D eigenvalue weighted by Gasteiger charge is 2.30. The minimum Gasteiger partial charge on any atom is -0.396 e. The van der Waals surface area contributed by atoms with Gasteiger partial charge in [0, 0.05) is 67.4 Å². The van der Waals surface area contributed by atoms with Crippen molar-refractivity contribution in [3.8, 4) is 21.7 Å². The summed E-state index contributed by atoms with van der Waals surface area (Å²) in [6.07, 6.45) is 5.41. The third kappa shape index (κ3) is 7.43. The number of amides is 2. The molecular weight excluding hydrogens is 694 g/mol.